The Kier molecular flexibility index (Phi) is 5.87. The highest BCUT2D eigenvalue weighted by Crippen LogP contribution is 2.42. The molecule has 0 saturated carbocycles. The summed E-state index contributed by atoms with van der Waals surface area (Å²) in [6.45, 7) is 7.59. The van der Waals surface area contributed by atoms with Crippen molar-refractivity contribution >= 4 is 40.8 Å². The van der Waals surface area contributed by atoms with E-state index in [1.54, 1.807) is 29.7 Å². The van der Waals surface area contributed by atoms with Crippen LogP contribution in [0.25, 0.3) is 11.6 Å². The molecule has 0 bridgehead atoms. The van der Waals surface area contributed by atoms with Crippen molar-refractivity contribution in [3.8, 4) is 0 Å². The van der Waals surface area contributed by atoms with Crippen LogP contribution in [0.5, 0.6) is 0 Å². The van der Waals surface area contributed by atoms with Crippen molar-refractivity contribution in [2.75, 3.05) is 0 Å². The van der Waals surface area contributed by atoms with E-state index in [2.05, 4.69) is 35.7 Å². The average molecular weight is 411 g/mol. The zero-order valence-corrected chi connectivity index (χ0v) is 17.4. The van der Waals surface area contributed by atoms with Gasteiger partial charge in [-0.15, -0.1) is 11.3 Å². The van der Waals surface area contributed by atoms with Crippen molar-refractivity contribution in [1.82, 2.24) is 4.90 Å². The summed E-state index contributed by atoms with van der Waals surface area (Å²) < 4.78 is 0. The van der Waals surface area contributed by atoms with Gasteiger partial charge in [0.1, 0.15) is 0 Å². The van der Waals surface area contributed by atoms with E-state index in [0.29, 0.717) is 5.56 Å². The Morgan fingerprint density at radius 2 is 1.93 bits per heavy atom. The molecule has 0 fully saturated rings. The molecule has 0 aliphatic carbocycles. The van der Waals surface area contributed by atoms with Gasteiger partial charge >= 0.3 is 0 Å². The van der Waals surface area contributed by atoms with Gasteiger partial charge in [-0.2, -0.15) is 0 Å². The molecule has 1 atom stereocenters. The first-order valence-corrected chi connectivity index (χ1v) is 10.6. The van der Waals surface area contributed by atoms with E-state index < -0.39 is 0 Å². The van der Waals surface area contributed by atoms with Gasteiger partial charge in [-0.25, -0.2) is 0 Å². The molecule has 1 aromatic heterocycles. The van der Waals surface area contributed by atoms with Crippen molar-refractivity contribution in [1.29, 1.82) is 0 Å². The van der Waals surface area contributed by atoms with E-state index in [1.807, 2.05) is 59.6 Å². The van der Waals surface area contributed by atoms with Gasteiger partial charge in [-0.05, 0) is 46.3 Å². The molecule has 0 radical (unpaired) electrons. The molecular weight excluding hydrogens is 388 g/mol. The lowest BCUT2D eigenvalue weighted by Crippen LogP contribution is -2.27. The lowest BCUT2D eigenvalue weighted by Gasteiger charge is -2.25. The lowest BCUT2D eigenvalue weighted by molar-refractivity contribution is 0.0784. The van der Waals surface area contributed by atoms with Crippen molar-refractivity contribution in [2.45, 2.75) is 12.5 Å². The molecule has 148 valence electrons. The number of carbonyl (C=O) groups is 1. The molecule has 30 heavy (non-hydrogen) atoms. The van der Waals surface area contributed by atoms with Gasteiger partial charge in [0.15, 0.2) is 0 Å². The molecule has 3 aromatic rings. The Morgan fingerprint density at radius 1 is 1.10 bits per heavy atom. The Morgan fingerprint density at radius 3 is 2.63 bits per heavy atom. The fourth-order valence-corrected chi connectivity index (χ4v) is 4.38. The third kappa shape index (κ3) is 3.95. The number of carbonyl (C=O) groups excluding carboxylic acids is 1. The molecule has 1 amide bonds. The quantitative estimate of drug-likeness (QED) is 0.407. The maximum Gasteiger partial charge on any atom is 0.258 e. The summed E-state index contributed by atoms with van der Waals surface area (Å²) in [5.74, 6) is -0.00361. The van der Waals surface area contributed by atoms with Gasteiger partial charge in [0.05, 0.1) is 11.7 Å². The summed E-state index contributed by atoms with van der Waals surface area (Å²) >= 11 is 1.69. The number of allylic oxidation sites excluding steroid dienone is 1. The van der Waals surface area contributed by atoms with Crippen LogP contribution in [0.2, 0.25) is 0 Å². The molecule has 4 heteroatoms. The van der Waals surface area contributed by atoms with Crippen molar-refractivity contribution in [2.24, 2.45) is 4.99 Å². The van der Waals surface area contributed by atoms with Crippen molar-refractivity contribution in [3.63, 3.8) is 0 Å². The van der Waals surface area contributed by atoms with Crippen LogP contribution in [0, 0.1) is 0 Å². The Labute approximate surface area is 181 Å². The van der Waals surface area contributed by atoms with Crippen LogP contribution in [-0.2, 0) is 0 Å². The van der Waals surface area contributed by atoms with Crippen LogP contribution in [0.4, 0.5) is 5.69 Å². The molecule has 0 N–H and O–H groups in total. The maximum atomic E-state index is 13.4. The van der Waals surface area contributed by atoms with Crippen LogP contribution in [0.3, 0.4) is 0 Å². The Hall–Kier alpha value is -3.50. The number of amides is 1. The number of aliphatic imine (C=N–C) groups is 1. The predicted octanol–water partition coefficient (Wildman–Crippen LogP) is 6.91. The molecule has 1 aliphatic heterocycles. The number of rotatable bonds is 6. The second-order valence-corrected chi connectivity index (χ2v) is 7.91. The number of benzene rings is 2. The monoisotopic (exact) mass is 410 g/mol. The molecular formula is C26H22N2OS. The lowest BCUT2D eigenvalue weighted by atomic mass is 9.98. The van der Waals surface area contributed by atoms with Gasteiger partial charge in [-0.1, -0.05) is 61.7 Å². The molecule has 2 aromatic carbocycles. The maximum absolute atomic E-state index is 13.4. The highest BCUT2D eigenvalue weighted by Gasteiger charge is 2.32. The zero-order valence-electron chi connectivity index (χ0n) is 16.6. The highest BCUT2D eigenvalue weighted by molar-refractivity contribution is 7.11. The smallest absolute Gasteiger partial charge is 0.258 e. The fourth-order valence-electron chi connectivity index (χ4n) is 3.64. The first-order chi connectivity index (χ1) is 14.7. The van der Waals surface area contributed by atoms with E-state index in [-0.39, 0.29) is 11.9 Å². The van der Waals surface area contributed by atoms with Gasteiger partial charge in [-0.3, -0.25) is 9.79 Å². The third-order valence-electron chi connectivity index (χ3n) is 5.12. The largest absolute Gasteiger partial charge is 0.307 e. The van der Waals surface area contributed by atoms with E-state index in [1.165, 1.54) is 10.5 Å². The van der Waals surface area contributed by atoms with Crippen molar-refractivity contribution in [3.05, 3.63) is 113 Å². The Bertz CT molecular complexity index is 1130. The summed E-state index contributed by atoms with van der Waals surface area (Å²) in [7, 11) is 0. The number of hydrogen-bond donors (Lipinski definition) is 0. The minimum atomic E-state index is -0.0913. The number of thiophene rings is 1. The molecule has 4 rings (SSSR count). The molecule has 0 saturated heterocycles. The molecule has 1 aliphatic rings. The summed E-state index contributed by atoms with van der Waals surface area (Å²) in [6, 6.07) is 19.6. The minimum absolute atomic E-state index is 0.00361. The van der Waals surface area contributed by atoms with Crippen LogP contribution in [0.1, 0.15) is 38.8 Å². The van der Waals surface area contributed by atoms with Gasteiger partial charge < -0.3 is 4.90 Å². The predicted molar refractivity (Wildman–Crippen MR) is 127 cm³/mol. The summed E-state index contributed by atoms with van der Waals surface area (Å²) in [5, 5.41) is 2.06. The average Bonchev–Trinajstić information content (AvgIpc) is 3.47. The zero-order chi connectivity index (χ0) is 20.9. The second kappa shape index (κ2) is 8.89. The van der Waals surface area contributed by atoms with Crippen molar-refractivity contribution < 1.29 is 4.79 Å². The van der Waals surface area contributed by atoms with Crippen LogP contribution >= 0.6 is 11.3 Å². The topological polar surface area (TPSA) is 32.7 Å². The third-order valence-corrected chi connectivity index (χ3v) is 6.06. The van der Waals surface area contributed by atoms with E-state index in [0.717, 1.165) is 23.2 Å². The van der Waals surface area contributed by atoms with Crippen LogP contribution in [-0.4, -0.2) is 17.0 Å². The summed E-state index contributed by atoms with van der Waals surface area (Å²) in [6.07, 6.45) is 7.87. The number of hydrogen-bond acceptors (Lipinski definition) is 3. The standard InChI is InChI=1S/C26H22N2OS/c1-3-14-27-23-16-21(13-12-19(23)4-2)24-17-22(25-11-8-15-30-25)18-28(24)26(29)20-9-6-5-7-10-20/h3-16,18,24H,1-2,17H2/b27-14-. The first kappa shape index (κ1) is 19.8. The van der Waals surface area contributed by atoms with E-state index >= 15 is 0 Å². The van der Waals surface area contributed by atoms with Gasteiger partial charge in [0.2, 0.25) is 0 Å². The van der Waals surface area contributed by atoms with Gasteiger partial charge in [0.25, 0.3) is 5.91 Å². The molecule has 2 heterocycles. The second-order valence-electron chi connectivity index (χ2n) is 6.97. The summed E-state index contributed by atoms with van der Waals surface area (Å²) in [4.78, 5) is 20.9. The number of nitrogens with zero attached hydrogens (tertiary/aromatic N) is 2. The Balaban J connectivity index is 1.75. The van der Waals surface area contributed by atoms with Gasteiger partial charge in [0, 0.05) is 29.3 Å². The molecule has 1 unspecified atom stereocenters. The highest BCUT2D eigenvalue weighted by atomic mass is 32.1. The van der Waals surface area contributed by atoms with Crippen LogP contribution in [0.15, 0.2) is 96.5 Å². The normalized spacial score (nSPS) is 15.9. The molecule has 3 nitrogen and oxygen atoms in total. The van der Waals surface area contributed by atoms with Crippen LogP contribution < -0.4 is 0 Å². The fraction of sp³-hybridized carbons (Fsp3) is 0.0769. The SMILES string of the molecule is C=C/C=N\c1cc(C2CC(c3cccs3)=CN2C(=O)c2ccccc2)ccc1C=C. The minimum Gasteiger partial charge on any atom is -0.307 e. The molecule has 0 spiro atoms. The van der Waals surface area contributed by atoms with E-state index in [9.17, 15) is 4.79 Å². The van der Waals surface area contributed by atoms with E-state index in [4.69, 9.17) is 0 Å². The first-order valence-electron chi connectivity index (χ1n) is 9.75. The summed E-state index contributed by atoms with van der Waals surface area (Å²) in [5.41, 5.74) is 4.66.